The van der Waals surface area contributed by atoms with Crippen LogP contribution in [0.2, 0.25) is 0 Å². The lowest BCUT2D eigenvalue weighted by Gasteiger charge is -2.16. The Kier molecular flexibility index (Phi) is 7.05. The molecule has 0 aliphatic carbocycles. The number of carbonyl (C=O) groups excluding carboxylic acids is 2. The highest BCUT2D eigenvalue weighted by atomic mass is 19.4. The number of amides is 2. The number of ether oxygens (including phenoxy) is 2. The van der Waals surface area contributed by atoms with Crippen molar-refractivity contribution in [2.24, 2.45) is 0 Å². The summed E-state index contributed by atoms with van der Waals surface area (Å²) in [5.41, 5.74) is -3.22. The van der Waals surface area contributed by atoms with Crippen LogP contribution in [0, 0.1) is 10.1 Å². The van der Waals surface area contributed by atoms with E-state index in [1.165, 1.54) is 7.11 Å². The summed E-state index contributed by atoms with van der Waals surface area (Å²) in [6, 6.07) is 4.70. The number of hydrogen-bond donors (Lipinski definition) is 2. The van der Waals surface area contributed by atoms with Crippen molar-refractivity contribution in [3.63, 3.8) is 0 Å². The molecular weight excluding hydrogens is 423 g/mol. The molecular formula is C19H18F3N3O6. The Morgan fingerprint density at radius 3 is 2.32 bits per heavy atom. The fraction of sp³-hybridized carbons (Fsp3) is 0.263. The summed E-state index contributed by atoms with van der Waals surface area (Å²) in [4.78, 5) is 34.3. The van der Waals surface area contributed by atoms with E-state index < -0.39 is 45.4 Å². The highest BCUT2D eigenvalue weighted by Crippen LogP contribution is 2.38. The van der Waals surface area contributed by atoms with Gasteiger partial charge in [-0.1, -0.05) is 0 Å². The lowest BCUT2D eigenvalue weighted by molar-refractivity contribution is -0.385. The van der Waals surface area contributed by atoms with Gasteiger partial charge in [0, 0.05) is 18.7 Å². The van der Waals surface area contributed by atoms with Gasteiger partial charge in [0.15, 0.2) is 11.5 Å². The monoisotopic (exact) mass is 441 g/mol. The summed E-state index contributed by atoms with van der Waals surface area (Å²) in [6.45, 7) is 2.92. The molecule has 2 aromatic carbocycles. The third-order valence-corrected chi connectivity index (χ3v) is 3.92. The van der Waals surface area contributed by atoms with Crippen molar-refractivity contribution in [3.05, 3.63) is 51.6 Å². The average molecular weight is 441 g/mol. The van der Waals surface area contributed by atoms with Crippen molar-refractivity contribution >= 4 is 28.9 Å². The summed E-state index contributed by atoms with van der Waals surface area (Å²) in [6.07, 6.45) is -4.88. The van der Waals surface area contributed by atoms with Gasteiger partial charge >= 0.3 is 6.18 Å². The van der Waals surface area contributed by atoms with Crippen LogP contribution in [0.1, 0.15) is 29.8 Å². The fourth-order valence-electron chi connectivity index (χ4n) is 2.67. The van der Waals surface area contributed by atoms with Crippen LogP contribution in [0.4, 0.5) is 30.2 Å². The molecule has 0 aliphatic heterocycles. The van der Waals surface area contributed by atoms with E-state index >= 15 is 0 Å². The van der Waals surface area contributed by atoms with Gasteiger partial charge in [-0.05, 0) is 25.1 Å². The minimum atomic E-state index is -4.88. The number of nitrogens with one attached hydrogen (secondary N) is 2. The quantitative estimate of drug-likeness (QED) is 0.490. The second-order valence-corrected chi connectivity index (χ2v) is 6.10. The van der Waals surface area contributed by atoms with Gasteiger partial charge in [-0.3, -0.25) is 19.7 Å². The zero-order chi connectivity index (χ0) is 23.3. The number of nitrogens with zero attached hydrogens (tertiary/aromatic N) is 1. The zero-order valence-electron chi connectivity index (χ0n) is 16.6. The van der Waals surface area contributed by atoms with Crippen LogP contribution < -0.4 is 20.1 Å². The molecule has 166 valence electrons. The third-order valence-electron chi connectivity index (χ3n) is 3.92. The van der Waals surface area contributed by atoms with Crippen LogP contribution in [0.25, 0.3) is 0 Å². The Morgan fingerprint density at radius 1 is 1.13 bits per heavy atom. The summed E-state index contributed by atoms with van der Waals surface area (Å²) in [5.74, 6) is -1.74. The van der Waals surface area contributed by atoms with Gasteiger partial charge in [-0.25, -0.2) is 0 Å². The van der Waals surface area contributed by atoms with Crippen LogP contribution in [-0.2, 0) is 11.0 Å². The van der Waals surface area contributed by atoms with E-state index in [1.54, 1.807) is 6.92 Å². The van der Waals surface area contributed by atoms with Gasteiger partial charge in [0.1, 0.15) is 5.56 Å². The number of nitro groups is 1. The fourth-order valence-corrected chi connectivity index (χ4v) is 2.67. The molecule has 0 fully saturated rings. The Balaban J connectivity index is 2.51. The first-order valence-corrected chi connectivity index (χ1v) is 8.77. The summed E-state index contributed by atoms with van der Waals surface area (Å²) in [7, 11) is 1.24. The number of methoxy groups -OCH3 is 1. The Hall–Kier alpha value is -3.83. The van der Waals surface area contributed by atoms with E-state index in [1.807, 2.05) is 5.32 Å². The first-order chi connectivity index (χ1) is 14.5. The number of alkyl halides is 3. The molecule has 0 atom stereocenters. The van der Waals surface area contributed by atoms with Crippen molar-refractivity contribution in [2.45, 2.75) is 20.0 Å². The van der Waals surface area contributed by atoms with Crippen LogP contribution in [-0.4, -0.2) is 30.5 Å². The summed E-state index contributed by atoms with van der Waals surface area (Å²) in [5, 5.41) is 15.7. The Morgan fingerprint density at radius 2 is 1.81 bits per heavy atom. The number of nitro benzene ring substituents is 1. The maximum atomic E-state index is 13.5. The molecule has 0 saturated heterocycles. The molecule has 0 aliphatic rings. The number of carbonyl (C=O) groups is 2. The molecule has 0 spiro atoms. The number of hydrogen-bond acceptors (Lipinski definition) is 6. The molecule has 2 rings (SSSR count). The number of rotatable bonds is 7. The molecule has 0 bridgehead atoms. The molecule has 2 aromatic rings. The van der Waals surface area contributed by atoms with Crippen LogP contribution >= 0.6 is 0 Å². The van der Waals surface area contributed by atoms with Crippen molar-refractivity contribution in [3.8, 4) is 11.5 Å². The number of benzene rings is 2. The standard InChI is InChI=1S/C19H18F3N3O6/c1-4-31-17-9-15(25(28)29)12(8-16(17)30-3)18(27)24-14-6-5-11(23-10(2)26)7-13(14)19(20,21)22/h5-9H,4H2,1-3H3,(H,23,26)(H,24,27). The highest BCUT2D eigenvalue weighted by molar-refractivity contribution is 6.08. The summed E-state index contributed by atoms with van der Waals surface area (Å²) >= 11 is 0. The van der Waals surface area contributed by atoms with E-state index in [4.69, 9.17) is 9.47 Å². The minimum absolute atomic E-state index is 0.00360. The SMILES string of the molecule is CCOc1cc([N+](=O)[O-])c(C(=O)Nc2ccc(NC(C)=O)cc2C(F)(F)F)cc1OC. The maximum Gasteiger partial charge on any atom is 0.418 e. The van der Waals surface area contributed by atoms with Crippen molar-refractivity contribution < 1.29 is 37.2 Å². The van der Waals surface area contributed by atoms with Gasteiger partial charge in [-0.15, -0.1) is 0 Å². The molecule has 0 unspecified atom stereocenters. The molecule has 31 heavy (non-hydrogen) atoms. The van der Waals surface area contributed by atoms with Crippen molar-refractivity contribution in [1.82, 2.24) is 0 Å². The predicted molar refractivity (Wildman–Crippen MR) is 105 cm³/mol. The maximum absolute atomic E-state index is 13.5. The van der Waals surface area contributed by atoms with Gasteiger partial charge in [0.2, 0.25) is 5.91 Å². The van der Waals surface area contributed by atoms with Crippen molar-refractivity contribution in [2.75, 3.05) is 24.4 Å². The minimum Gasteiger partial charge on any atom is -0.493 e. The number of halogens is 3. The highest BCUT2D eigenvalue weighted by Gasteiger charge is 2.35. The third kappa shape index (κ3) is 5.62. The lowest BCUT2D eigenvalue weighted by Crippen LogP contribution is -2.18. The molecule has 0 aromatic heterocycles. The topological polar surface area (TPSA) is 120 Å². The molecule has 12 heteroatoms. The van der Waals surface area contributed by atoms with E-state index in [0.29, 0.717) is 6.07 Å². The predicted octanol–water partition coefficient (Wildman–Crippen LogP) is 4.23. The van der Waals surface area contributed by atoms with Gasteiger partial charge in [-0.2, -0.15) is 13.2 Å². The summed E-state index contributed by atoms with van der Waals surface area (Å²) < 4.78 is 50.7. The number of anilines is 2. The van der Waals surface area contributed by atoms with Gasteiger partial charge in [0.25, 0.3) is 11.6 Å². The van der Waals surface area contributed by atoms with Crippen molar-refractivity contribution in [1.29, 1.82) is 0 Å². The molecule has 0 saturated carbocycles. The van der Waals surface area contributed by atoms with E-state index in [9.17, 15) is 32.9 Å². The van der Waals surface area contributed by atoms with E-state index in [-0.39, 0.29) is 23.8 Å². The second kappa shape index (κ2) is 9.32. The zero-order valence-corrected chi connectivity index (χ0v) is 16.6. The molecule has 0 heterocycles. The first kappa shape index (κ1) is 23.4. The molecule has 9 nitrogen and oxygen atoms in total. The molecule has 2 amide bonds. The van der Waals surface area contributed by atoms with Crippen LogP contribution in [0.15, 0.2) is 30.3 Å². The van der Waals surface area contributed by atoms with Crippen LogP contribution in [0.3, 0.4) is 0 Å². The molecule has 0 radical (unpaired) electrons. The Labute approximate surface area is 174 Å². The normalized spacial score (nSPS) is 10.9. The van der Waals surface area contributed by atoms with Crippen LogP contribution in [0.5, 0.6) is 11.5 Å². The van der Waals surface area contributed by atoms with E-state index in [2.05, 4.69) is 5.32 Å². The molecule has 2 N–H and O–H groups in total. The van der Waals surface area contributed by atoms with Gasteiger partial charge in [0.05, 0.1) is 36.0 Å². The second-order valence-electron chi connectivity index (χ2n) is 6.10. The first-order valence-electron chi connectivity index (χ1n) is 8.77. The van der Waals surface area contributed by atoms with E-state index in [0.717, 1.165) is 31.2 Å². The smallest absolute Gasteiger partial charge is 0.418 e. The average Bonchev–Trinajstić information content (AvgIpc) is 2.67. The largest absolute Gasteiger partial charge is 0.493 e. The lowest BCUT2D eigenvalue weighted by atomic mass is 10.1. The Bertz CT molecular complexity index is 1020. The van der Waals surface area contributed by atoms with Gasteiger partial charge < -0.3 is 20.1 Å².